The number of hydrogen-bond acceptors (Lipinski definition) is 5. The van der Waals surface area contributed by atoms with Crippen molar-refractivity contribution in [2.75, 3.05) is 38.2 Å². The molecule has 5 rings (SSSR count). The fourth-order valence-corrected chi connectivity index (χ4v) is 6.24. The zero-order valence-corrected chi connectivity index (χ0v) is 22.4. The molecule has 0 fully saturated rings. The molecule has 0 saturated heterocycles. The van der Waals surface area contributed by atoms with E-state index in [1.54, 1.807) is 18.0 Å². The lowest BCUT2D eigenvalue weighted by Crippen LogP contribution is -2.46. The number of carbonyl (C=O) groups is 2. The van der Waals surface area contributed by atoms with Crippen LogP contribution in [0.1, 0.15) is 55.7 Å². The second kappa shape index (κ2) is 10.1. The Morgan fingerprint density at radius 3 is 2.78 bits per heavy atom. The van der Waals surface area contributed by atoms with Crippen LogP contribution >= 0.6 is 11.6 Å². The molecule has 1 spiro atoms. The lowest BCUT2D eigenvalue weighted by Gasteiger charge is -2.41. The molecule has 1 amide bonds. The number of ketones is 1. The molecule has 7 heteroatoms. The lowest BCUT2D eigenvalue weighted by molar-refractivity contribution is -0.146. The summed E-state index contributed by atoms with van der Waals surface area (Å²) in [6, 6.07) is 11.6. The van der Waals surface area contributed by atoms with Crippen molar-refractivity contribution in [2.24, 2.45) is 0 Å². The van der Waals surface area contributed by atoms with Crippen LogP contribution in [0.4, 0.5) is 5.69 Å². The summed E-state index contributed by atoms with van der Waals surface area (Å²) in [7, 11) is 1.69. The minimum atomic E-state index is -1.90. The van der Waals surface area contributed by atoms with Gasteiger partial charge in [0.1, 0.15) is 5.75 Å². The zero-order chi connectivity index (χ0) is 26.2. The summed E-state index contributed by atoms with van der Waals surface area (Å²) in [5.74, 6) is 0.00469. The van der Waals surface area contributed by atoms with Crippen molar-refractivity contribution in [3.05, 3.63) is 70.3 Å². The molecule has 2 aliphatic heterocycles. The van der Waals surface area contributed by atoms with Gasteiger partial charge in [0, 0.05) is 37.1 Å². The van der Waals surface area contributed by atoms with Gasteiger partial charge in [0.25, 0.3) is 0 Å². The number of anilines is 1. The van der Waals surface area contributed by atoms with E-state index in [4.69, 9.17) is 16.3 Å². The van der Waals surface area contributed by atoms with Gasteiger partial charge in [-0.25, -0.2) is 0 Å². The topological polar surface area (TPSA) is 70.1 Å². The normalized spacial score (nSPS) is 27.1. The average molecular weight is 523 g/mol. The van der Waals surface area contributed by atoms with Crippen LogP contribution < -0.4 is 9.64 Å². The number of Topliss-reactive ketones (excluding diaryl/α,β-unsaturated/α-hetero) is 1. The van der Waals surface area contributed by atoms with Crippen LogP contribution in [0.5, 0.6) is 5.75 Å². The van der Waals surface area contributed by atoms with E-state index in [0.717, 1.165) is 61.7 Å². The molecule has 0 unspecified atom stereocenters. The predicted octanol–water partition coefficient (Wildman–Crippen LogP) is 4.79. The van der Waals surface area contributed by atoms with E-state index in [2.05, 4.69) is 23.1 Å². The first kappa shape index (κ1) is 25.8. The largest absolute Gasteiger partial charge is 0.490 e. The van der Waals surface area contributed by atoms with Gasteiger partial charge in [0.2, 0.25) is 5.91 Å². The summed E-state index contributed by atoms with van der Waals surface area (Å²) >= 11 is 6.35. The van der Waals surface area contributed by atoms with Crippen LogP contribution in [0, 0.1) is 0 Å². The average Bonchev–Trinajstić information content (AvgIpc) is 3.02. The molecular formula is C30H35ClN2O4. The van der Waals surface area contributed by atoms with Crippen LogP contribution in [0.3, 0.4) is 0 Å². The fraction of sp³-hybridized carbons (Fsp3) is 0.467. The summed E-state index contributed by atoms with van der Waals surface area (Å²) in [5.41, 5.74) is 1.77. The summed E-state index contributed by atoms with van der Waals surface area (Å²) < 4.78 is 6.49. The number of allylic oxidation sites excluding steroid dienone is 1. The molecule has 2 heterocycles. The van der Waals surface area contributed by atoms with Crippen molar-refractivity contribution < 1.29 is 19.4 Å². The van der Waals surface area contributed by atoms with Crippen molar-refractivity contribution in [3.63, 3.8) is 0 Å². The van der Waals surface area contributed by atoms with E-state index >= 15 is 0 Å². The highest BCUT2D eigenvalue weighted by Crippen LogP contribution is 2.45. The molecule has 6 nitrogen and oxygen atoms in total. The van der Waals surface area contributed by atoms with Gasteiger partial charge >= 0.3 is 0 Å². The number of amides is 1. The fourth-order valence-electron chi connectivity index (χ4n) is 6.04. The minimum Gasteiger partial charge on any atom is -0.490 e. The summed E-state index contributed by atoms with van der Waals surface area (Å²) in [6.45, 7) is 3.90. The molecule has 3 aliphatic rings. The number of fused-ring (bicyclic) bond motifs is 3. The Hall–Kier alpha value is -2.83. The Labute approximate surface area is 223 Å². The first-order chi connectivity index (χ1) is 17.7. The third kappa shape index (κ3) is 4.89. The van der Waals surface area contributed by atoms with Crippen LogP contribution in [-0.4, -0.2) is 55.0 Å². The van der Waals surface area contributed by atoms with Crippen molar-refractivity contribution in [2.45, 2.75) is 56.5 Å². The van der Waals surface area contributed by atoms with Gasteiger partial charge in [0.15, 0.2) is 11.4 Å². The maximum atomic E-state index is 12.9. The second-order valence-corrected chi connectivity index (χ2v) is 11.2. The first-order valence-corrected chi connectivity index (χ1v) is 13.5. The van der Waals surface area contributed by atoms with Gasteiger partial charge in [-0.3, -0.25) is 9.59 Å². The molecule has 2 aromatic carbocycles. The Balaban J connectivity index is 1.60. The standard InChI is InChI=1S/C30H35ClN2O4/c1-21(34)30(36)18-28(35)32(2)14-5-3-4-6-15-33-19-29(20-37-27-12-9-23(30)17-26(27)33)13-7-8-22-16-24(31)10-11-25(22)29/h3,5,9-12,16-17,36H,4,6-8,13-15,18-20H2,1-2H3/b5-3+/t29-,30+/m0/s1. The number of aryl methyl sites for hydroxylation is 1. The van der Waals surface area contributed by atoms with Crippen molar-refractivity contribution in [1.29, 1.82) is 0 Å². The number of ether oxygens (including phenoxy) is 1. The highest BCUT2D eigenvalue weighted by atomic mass is 35.5. The number of benzene rings is 2. The van der Waals surface area contributed by atoms with Crippen LogP contribution in [0.2, 0.25) is 5.02 Å². The molecule has 1 aliphatic carbocycles. The third-order valence-electron chi connectivity index (χ3n) is 8.27. The maximum Gasteiger partial charge on any atom is 0.226 e. The Morgan fingerprint density at radius 1 is 1.14 bits per heavy atom. The van der Waals surface area contributed by atoms with Crippen LogP contribution in [-0.2, 0) is 27.0 Å². The highest BCUT2D eigenvalue weighted by molar-refractivity contribution is 6.30. The molecule has 0 saturated carbocycles. The lowest BCUT2D eigenvalue weighted by atomic mass is 9.70. The Bertz CT molecular complexity index is 1240. The summed E-state index contributed by atoms with van der Waals surface area (Å²) in [4.78, 5) is 29.6. The van der Waals surface area contributed by atoms with Crippen molar-refractivity contribution in [3.8, 4) is 5.75 Å². The smallest absolute Gasteiger partial charge is 0.226 e. The highest BCUT2D eigenvalue weighted by Gasteiger charge is 2.43. The monoisotopic (exact) mass is 522 g/mol. The molecule has 2 aromatic rings. The Morgan fingerprint density at radius 2 is 1.97 bits per heavy atom. The van der Waals surface area contributed by atoms with E-state index in [9.17, 15) is 14.7 Å². The molecular weight excluding hydrogens is 488 g/mol. The predicted molar refractivity (Wildman–Crippen MR) is 145 cm³/mol. The second-order valence-electron chi connectivity index (χ2n) is 10.8. The van der Waals surface area contributed by atoms with Crippen molar-refractivity contribution in [1.82, 2.24) is 4.90 Å². The molecule has 2 atom stereocenters. The maximum absolute atomic E-state index is 12.9. The van der Waals surface area contributed by atoms with Crippen LogP contribution in [0.25, 0.3) is 0 Å². The number of hydrogen-bond donors (Lipinski definition) is 1. The van der Waals surface area contributed by atoms with E-state index in [-0.39, 0.29) is 17.7 Å². The SMILES string of the molecule is CC(=O)[C@]1(O)CC(=O)N(C)C/C=C/CCCN2C[C@@]3(CCCc4cc(Cl)ccc43)COc3ccc1cc32. The molecule has 0 radical (unpaired) electrons. The van der Waals surface area contributed by atoms with E-state index in [1.165, 1.54) is 18.1 Å². The van der Waals surface area contributed by atoms with Gasteiger partial charge < -0.3 is 19.6 Å². The number of halogens is 1. The quantitative estimate of drug-likeness (QED) is 0.545. The summed E-state index contributed by atoms with van der Waals surface area (Å²) in [6.07, 6.45) is 8.69. The molecule has 1 N–H and O–H groups in total. The molecule has 37 heavy (non-hydrogen) atoms. The van der Waals surface area contributed by atoms with Gasteiger partial charge in [-0.1, -0.05) is 35.9 Å². The third-order valence-corrected chi connectivity index (χ3v) is 8.51. The number of likely N-dealkylation sites (N-methyl/N-ethyl adjacent to an activating group) is 1. The minimum absolute atomic E-state index is 0.186. The zero-order valence-electron chi connectivity index (χ0n) is 21.6. The molecule has 2 bridgehead atoms. The number of carbonyl (C=O) groups excluding carboxylic acids is 2. The van der Waals surface area contributed by atoms with Crippen LogP contribution in [0.15, 0.2) is 48.6 Å². The van der Waals surface area contributed by atoms with Gasteiger partial charge in [0.05, 0.1) is 18.7 Å². The first-order valence-electron chi connectivity index (χ1n) is 13.2. The van der Waals surface area contributed by atoms with Crippen molar-refractivity contribution >= 4 is 29.0 Å². The molecule has 0 aromatic heterocycles. The van der Waals surface area contributed by atoms with E-state index in [0.29, 0.717) is 18.7 Å². The van der Waals surface area contributed by atoms with E-state index < -0.39 is 11.4 Å². The molecule has 196 valence electrons. The van der Waals surface area contributed by atoms with E-state index in [1.807, 2.05) is 24.3 Å². The van der Waals surface area contributed by atoms with Gasteiger partial charge in [-0.2, -0.15) is 0 Å². The van der Waals surface area contributed by atoms with Gasteiger partial charge in [-0.05, 0) is 80.0 Å². The summed E-state index contributed by atoms with van der Waals surface area (Å²) in [5, 5.41) is 12.3. The number of rotatable bonds is 1. The number of nitrogens with zero attached hydrogens (tertiary/aromatic N) is 2. The number of aliphatic hydroxyl groups is 1. The Kier molecular flexibility index (Phi) is 7.08. The van der Waals surface area contributed by atoms with Gasteiger partial charge in [-0.15, -0.1) is 0 Å².